The van der Waals surface area contributed by atoms with Crippen molar-refractivity contribution in [3.63, 3.8) is 0 Å². The van der Waals surface area contributed by atoms with Crippen LogP contribution < -0.4 is 5.32 Å². The maximum absolute atomic E-state index is 11.9. The van der Waals surface area contributed by atoms with Gasteiger partial charge in [0, 0.05) is 11.6 Å². The van der Waals surface area contributed by atoms with Gasteiger partial charge in [0.15, 0.2) is 0 Å². The number of rotatable bonds is 4. The van der Waals surface area contributed by atoms with E-state index in [0.29, 0.717) is 22.0 Å². The average molecular weight is 298 g/mol. The van der Waals surface area contributed by atoms with E-state index in [4.69, 9.17) is 0 Å². The summed E-state index contributed by atoms with van der Waals surface area (Å²) in [7, 11) is 0. The molecule has 0 aromatic heterocycles. The fraction of sp³-hybridized carbons (Fsp3) is 0.462. The van der Waals surface area contributed by atoms with Gasteiger partial charge in [-0.25, -0.2) is 0 Å². The van der Waals surface area contributed by atoms with Gasteiger partial charge >= 0.3 is 0 Å². The van der Waals surface area contributed by atoms with Crippen LogP contribution in [0.1, 0.15) is 36.5 Å². The number of halogens is 1. The molecule has 4 heteroatoms. The number of carbonyl (C=O) groups excluding carboxylic acids is 1. The summed E-state index contributed by atoms with van der Waals surface area (Å²) in [5, 5.41) is 12.5. The van der Waals surface area contributed by atoms with Gasteiger partial charge in [-0.15, -0.1) is 0 Å². The minimum absolute atomic E-state index is 0.0959. The molecule has 0 aliphatic heterocycles. The molecule has 2 atom stereocenters. The summed E-state index contributed by atoms with van der Waals surface area (Å²) in [6.07, 6.45) is 3.43. The Kier molecular flexibility index (Phi) is 3.72. The first-order chi connectivity index (χ1) is 8.11. The second-order valence-corrected chi connectivity index (χ2v) is 5.38. The number of hydrogen-bond acceptors (Lipinski definition) is 2. The molecule has 2 unspecified atom stereocenters. The molecule has 1 fully saturated rings. The summed E-state index contributed by atoms with van der Waals surface area (Å²) < 4.78 is 0.601. The molecule has 1 aromatic carbocycles. The summed E-state index contributed by atoms with van der Waals surface area (Å²) >= 11 is 3.19. The first kappa shape index (κ1) is 12.4. The van der Waals surface area contributed by atoms with Crippen LogP contribution in [0.3, 0.4) is 0 Å². The van der Waals surface area contributed by atoms with Crippen molar-refractivity contribution >= 4 is 21.8 Å². The molecule has 2 N–H and O–H groups in total. The van der Waals surface area contributed by atoms with Gasteiger partial charge < -0.3 is 10.4 Å². The number of phenolic OH excluding ortho intramolecular Hbond substituents is 1. The van der Waals surface area contributed by atoms with Crippen molar-refractivity contribution in [2.45, 2.75) is 32.2 Å². The van der Waals surface area contributed by atoms with Crippen LogP contribution in [0.15, 0.2) is 22.7 Å². The first-order valence-corrected chi connectivity index (χ1v) is 6.70. The van der Waals surface area contributed by atoms with Crippen LogP contribution in [0.2, 0.25) is 0 Å². The molecule has 0 bridgehead atoms. The van der Waals surface area contributed by atoms with Crippen LogP contribution in [0.4, 0.5) is 0 Å². The SMILES string of the molecule is CCCC1CC1NC(=O)c1ccc(Br)c(O)c1. The zero-order chi connectivity index (χ0) is 12.4. The van der Waals surface area contributed by atoms with Crippen LogP contribution in [-0.4, -0.2) is 17.1 Å². The molecule has 0 heterocycles. The summed E-state index contributed by atoms with van der Waals surface area (Å²) in [5.74, 6) is 0.642. The van der Waals surface area contributed by atoms with Gasteiger partial charge in [-0.2, -0.15) is 0 Å². The predicted molar refractivity (Wildman–Crippen MR) is 70.1 cm³/mol. The number of hydrogen-bond donors (Lipinski definition) is 2. The van der Waals surface area contributed by atoms with Crippen molar-refractivity contribution in [3.05, 3.63) is 28.2 Å². The van der Waals surface area contributed by atoms with Crippen LogP contribution in [0.25, 0.3) is 0 Å². The first-order valence-electron chi connectivity index (χ1n) is 5.91. The molecule has 17 heavy (non-hydrogen) atoms. The molecule has 0 spiro atoms. The quantitative estimate of drug-likeness (QED) is 0.897. The van der Waals surface area contributed by atoms with Crippen molar-refractivity contribution in [2.75, 3.05) is 0 Å². The Hall–Kier alpha value is -1.03. The lowest BCUT2D eigenvalue weighted by molar-refractivity contribution is 0.0948. The Bertz CT molecular complexity index is 433. The van der Waals surface area contributed by atoms with Crippen LogP contribution >= 0.6 is 15.9 Å². The molecule has 0 saturated heterocycles. The van der Waals surface area contributed by atoms with E-state index in [-0.39, 0.29) is 11.7 Å². The van der Waals surface area contributed by atoms with Crippen molar-refractivity contribution in [3.8, 4) is 5.75 Å². The molecule has 1 amide bonds. The maximum atomic E-state index is 11.9. The van der Waals surface area contributed by atoms with E-state index in [9.17, 15) is 9.90 Å². The fourth-order valence-corrected chi connectivity index (χ4v) is 2.27. The van der Waals surface area contributed by atoms with Gasteiger partial charge in [-0.05, 0) is 52.9 Å². The highest BCUT2D eigenvalue weighted by Crippen LogP contribution is 2.35. The Labute approximate surface area is 109 Å². The van der Waals surface area contributed by atoms with E-state index in [1.165, 1.54) is 12.5 Å². The molecular weight excluding hydrogens is 282 g/mol. The highest BCUT2D eigenvalue weighted by Gasteiger charge is 2.37. The Morgan fingerprint density at radius 1 is 1.59 bits per heavy atom. The Morgan fingerprint density at radius 3 is 3.00 bits per heavy atom. The highest BCUT2D eigenvalue weighted by molar-refractivity contribution is 9.10. The van der Waals surface area contributed by atoms with Crippen molar-refractivity contribution in [1.29, 1.82) is 0 Å². The summed E-state index contributed by atoms with van der Waals surface area (Å²) in [6.45, 7) is 2.16. The molecule has 2 rings (SSSR count). The third-order valence-corrected chi connectivity index (χ3v) is 3.78. The van der Waals surface area contributed by atoms with Gasteiger partial charge in [-0.3, -0.25) is 4.79 Å². The zero-order valence-electron chi connectivity index (χ0n) is 9.74. The maximum Gasteiger partial charge on any atom is 0.251 e. The van der Waals surface area contributed by atoms with E-state index < -0.39 is 0 Å². The second-order valence-electron chi connectivity index (χ2n) is 4.53. The third kappa shape index (κ3) is 3.00. The average Bonchev–Trinajstić information content (AvgIpc) is 3.01. The molecular formula is C13H16BrNO2. The fourth-order valence-electron chi connectivity index (χ4n) is 2.02. The van der Waals surface area contributed by atoms with Gasteiger partial charge in [-0.1, -0.05) is 13.3 Å². The number of benzene rings is 1. The molecule has 3 nitrogen and oxygen atoms in total. The second kappa shape index (κ2) is 5.08. The van der Waals surface area contributed by atoms with Crippen molar-refractivity contribution in [2.24, 2.45) is 5.92 Å². The smallest absolute Gasteiger partial charge is 0.251 e. The lowest BCUT2D eigenvalue weighted by Gasteiger charge is -2.05. The van der Waals surface area contributed by atoms with Crippen LogP contribution in [0, 0.1) is 5.92 Å². The normalized spacial score (nSPS) is 22.2. The molecule has 1 aliphatic carbocycles. The number of aromatic hydroxyl groups is 1. The molecule has 0 radical (unpaired) electrons. The lowest BCUT2D eigenvalue weighted by atomic mass is 10.2. The molecule has 92 valence electrons. The predicted octanol–water partition coefficient (Wildman–Crippen LogP) is 3.07. The minimum atomic E-state index is -0.101. The van der Waals surface area contributed by atoms with E-state index in [1.54, 1.807) is 12.1 Å². The minimum Gasteiger partial charge on any atom is -0.507 e. The number of amides is 1. The molecule has 1 aromatic rings. The van der Waals surface area contributed by atoms with Crippen molar-refractivity contribution in [1.82, 2.24) is 5.32 Å². The summed E-state index contributed by atoms with van der Waals surface area (Å²) in [5.41, 5.74) is 0.507. The molecule has 1 aliphatic rings. The number of nitrogens with one attached hydrogen (secondary N) is 1. The number of carbonyl (C=O) groups is 1. The molecule has 1 saturated carbocycles. The van der Waals surface area contributed by atoms with Crippen LogP contribution in [0.5, 0.6) is 5.75 Å². The number of phenols is 1. The van der Waals surface area contributed by atoms with Gasteiger partial charge in [0.1, 0.15) is 5.75 Å². The largest absolute Gasteiger partial charge is 0.507 e. The Morgan fingerprint density at radius 2 is 2.35 bits per heavy atom. The van der Waals surface area contributed by atoms with E-state index in [0.717, 1.165) is 12.8 Å². The highest BCUT2D eigenvalue weighted by atomic mass is 79.9. The van der Waals surface area contributed by atoms with E-state index >= 15 is 0 Å². The van der Waals surface area contributed by atoms with E-state index in [2.05, 4.69) is 28.2 Å². The Balaban J connectivity index is 1.94. The lowest BCUT2D eigenvalue weighted by Crippen LogP contribution is -2.26. The monoisotopic (exact) mass is 297 g/mol. The van der Waals surface area contributed by atoms with Crippen molar-refractivity contribution < 1.29 is 9.90 Å². The van der Waals surface area contributed by atoms with Gasteiger partial charge in [0.2, 0.25) is 0 Å². The van der Waals surface area contributed by atoms with Gasteiger partial charge in [0.25, 0.3) is 5.91 Å². The van der Waals surface area contributed by atoms with Crippen LogP contribution in [-0.2, 0) is 0 Å². The summed E-state index contributed by atoms with van der Waals surface area (Å²) in [6, 6.07) is 5.20. The third-order valence-electron chi connectivity index (χ3n) is 3.11. The standard InChI is InChI=1S/C13H16BrNO2/c1-2-3-8-6-11(8)15-13(17)9-4-5-10(14)12(16)7-9/h4-5,7-8,11,16H,2-3,6H2,1H3,(H,15,17). The summed E-state index contributed by atoms with van der Waals surface area (Å²) in [4.78, 5) is 11.9. The van der Waals surface area contributed by atoms with Gasteiger partial charge in [0.05, 0.1) is 4.47 Å². The topological polar surface area (TPSA) is 49.3 Å². The zero-order valence-corrected chi connectivity index (χ0v) is 11.3. The van der Waals surface area contributed by atoms with E-state index in [1.807, 2.05) is 0 Å².